The first kappa shape index (κ1) is 12.0. The van der Waals surface area contributed by atoms with Crippen LogP contribution < -0.4 is 0 Å². The second kappa shape index (κ2) is 5.27. The first-order valence-electron chi connectivity index (χ1n) is 5.71. The number of carbonyl (C=O) groups is 1. The molecule has 0 saturated carbocycles. The van der Waals surface area contributed by atoms with Gasteiger partial charge in [-0.15, -0.1) is 0 Å². The Morgan fingerprint density at radius 2 is 2.12 bits per heavy atom. The molecule has 1 aliphatic heterocycles. The molecule has 3 nitrogen and oxygen atoms in total. The lowest BCUT2D eigenvalue weighted by molar-refractivity contribution is -0.0162. The number of carbonyl (C=O) groups excluding carboxylic acids is 1. The summed E-state index contributed by atoms with van der Waals surface area (Å²) < 4.78 is 23.9. The molecule has 92 valence electrons. The Balaban J connectivity index is 2.05. The predicted octanol–water partition coefficient (Wildman–Crippen LogP) is 2.47. The van der Waals surface area contributed by atoms with Gasteiger partial charge in [0.05, 0.1) is 18.8 Å². The van der Waals surface area contributed by atoms with Gasteiger partial charge in [0.15, 0.2) is 0 Å². The molecule has 1 saturated heterocycles. The van der Waals surface area contributed by atoms with Crippen LogP contribution in [0.5, 0.6) is 0 Å². The summed E-state index contributed by atoms with van der Waals surface area (Å²) in [7, 11) is 0. The number of hydrogen-bond acceptors (Lipinski definition) is 3. The van der Waals surface area contributed by atoms with Crippen LogP contribution in [0.4, 0.5) is 4.39 Å². The molecule has 4 heteroatoms. The molecule has 17 heavy (non-hydrogen) atoms. The first-order chi connectivity index (χ1) is 8.16. The fourth-order valence-electron chi connectivity index (χ4n) is 1.80. The minimum atomic E-state index is -0.585. The summed E-state index contributed by atoms with van der Waals surface area (Å²) in [4.78, 5) is 11.8. The van der Waals surface area contributed by atoms with E-state index in [0.717, 1.165) is 5.56 Å². The third kappa shape index (κ3) is 3.03. The van der Waals surface area contributed by atoms with E-state index in [2.05, 4.69) is 0 Å². The molecule has 0 spiro atoms. The number of aryl methyl sites for hydroxylation is 1. The zero-order chi connectivity index (χ0) is 12.3. The third-order valence-corrected chi connectivity index (χ3v) is 2.78. The third-order valence-electron chi connectivity index (χ3n) is 2.78. The van der Waals surface area contributed by atoms with Gasteiger partial charge in [-0.05, 0) is 19.1 Å². The van der Waals surface area contributed by atoms with Crippen molar-refractivity contribution < 1.29 is 18.7 Å². The molecule has 1 fully saturated rings. The average molecular weight is 238 g/mol. The Kier molecular flexibility index (Phi) is 3.74. The highest BCUT2D eigenvalue weighted by molar-refractivity contribution is 5.90. The normalized spacial score (nSPS) is 16.8. The van der Waals surface area contributed by atoms with Crippen molar-refractivity contribution in [3.63, 3.8) is 0 Å². The van der Waals surface area contributed by atoms with Crippen LogP contribution in [0.2, 0.25) is 0 Å². The topological polar surface area (TPSA) is 35.5 Å². The van der Waals surface area contributed by atoms with E-state index >= 15 is 0 Å². The van der Waals surface area contributed by atoms with Crippen LogP contribution in [-0.2, 0) is 9.47 Å². The lowest BCUT2D eigenvalue weighted by atomic mass is 10.1. The van der Waals surface area contributed by atoms with Crippen molar-refractivity contribution in [2.24, 2.45) is 0 Å². The van der Waals surface area contributed by atoms with E-state index in [1.807, 2.05) is 6.92 Å². The Bertz CT molecular complexity index is 411. The quantitative estimate of drug-likeness (QED) is 0.742. The highest BCUT2D eigenvalue weighted by Gasteiger charge is 2.21. The molecule has 0 radical (unpaired) electrons. The largest absolute Gasteiger partial charge is 0.459 e. The van der Waals surface area contributed by atoms with Gasteiger partial charge in [0.2, 0.25) is 0 Å². The van der Waals surface area contributed by atoms with Crippen molar-refractivity contribution in [3.8, 4) is 0 Å². The summed E-state index contributed by atoms with van der Waals surface area (Å²) in [5.74, 6) is -1.12. The van der Waals surface area contributed by atoms with Gasteiger partial charge in [0.1, 0.15) is 11.9 Å². The maximum Gasteiger partial charge on any atom is 0.341 e. The van der Waals surface area contributed by atoms with Gasteiger partial charge in [0, 0.05) is 12.8 Å². The molecule has 2 rings (SSSR count). The van der Waals surface area contributed by atoms with E-state index in [-0.39, 0.29) is 11.7 Å². The van der Waals surface area contributed by atoms with E-state index in [1.165, 1.54) is 12.1 Å². The minimum Gasteiger partial charge on any atom is -0.459 e. The standard InChI is InChI=1S/C13H15FO3/c1-9-2-3-12(14)11(8-9)13(15)17-10-4-6-16-7-5-10/h2-3,8,10H,4-7H2,1H3. The van der Waals surface area contributed by atoms with Crippen LogP contribution >= 0.6 is 0 Å². The fraction of sp³-hybridized carbons (Fsp3) is 0.462. The maximum atomic E-state index is 13.4. The monoisotopic (exact) mass is 238 g/mol. The van der Waals surface area contributed by atoms with Crippen LogP contribution in [0, 0.1) is 12.7 Å². The Morgan fingerprint density at radius 3 is 2.82 bits per heavy atom. The lowest BCUT2D eigenvalue weighted by Crippen LogP contribution is -2.26. The van der Waals surface area contributed by atoms with E-state index in [4.69, 9.17) is 9.47 Å². The summed E-state index contributed by atoms with van der Waals surface area (Å²) >= 11 is 0. The van der Waals surface area contributed by atoms with E-state index in [0.29, 0.717) is 26.1 Å². The van der Waals surface area contributed by atoms with Gasteiger partial charge in [-0.2, -0.15) is 0 Å². The molecule has 1 heterocycles. The van der Waals surface area contributed by atoms with Crippen molar-refractivity contribution in [1.29, 1.82) is 0 Å². The Labute approximate surface area is 99.5 Å². The number of esters is 1. The predicted molar refractivity (Wildman–Crippen MR) is 60.4 cm³/mol. The van der Waals surface area contributed by atoms with Crippen LogP contribution in [0.3, 0.4) is 0 Å². The van der Waals surface area contributed by atoms with Gasteiger partial charge in [-0.25, -0.2) is 9.18 Å². The molecule has 0 aliphatic carbocycles. The lowest BCUT2D eigenvalue weighted by Gasteiger charge is -2.22. The van der Waals surface area contributed by atoms with Crippen LogP contribution in [-0.4, -0.2) is 25.3 Å². The molecule has 0 amide bonds. The van der Waals surface area contributed by atoms with E-state index in [1.54, 1.807) is 6.07 Å². The smallest absolute Gasteiger partial charge is 0.341 e. The molecule has 0 aromatic heterocycles. The van der Waals surface area contributed by atoms with Crippen LogP contribution in [0.1, 0.15) is 28.8 Å². The molecule has 0 N–H and O–H groups in total. The van der Waals surface area contributed by atoms with Crippen LogP contribution in [0.25, 0.3) is 0 Å². The molecular weight excluding hydrogens is 223 g/mol. The summed E-state index contributed by atoms with van der Waals surface area (Å²) in [5, 5.41) is 0. The van der Waals surface area contributed by atoms with Crippen molar-refractivity contribution in [1.82, 2.24) is 0 Å². The second-order valence-corrected chi connectivity index (χ2v) is 4.20. The fourth-order valence-corrected chi connectivity index (χ4v) is 1.80. The van der Waals surface area contributed by atoms with Crippen LogP contribution in [0.15, 0.2) is 18.2 Å². The van der Waals surface area contributed by atoms with Gasteiger partial charge >= 0.3 is 5.97 Å². The van der Waals surface area contributed by atoms with Crippen molar-refractivity contribution >= 4 is 5.97 Å². The van der Waals surface area contributed by atoms with Gasteiger partial charge in [-0.3, -0.25) is 0 Å². The molecular formula is C13H15FO3. The van der Waals surface area contributed by atoms with Gasteiger partial charge in [0.25, 0.3) is 0 Å². The van der Waals surface area contributed by atoms with E-state index in [9.17, 15) is 9.18 Å². The zero-order valence-electron chi connectivity index (χ0n) is 9.74. The Morgan fingerprint density at radius 1 is 1.41 bits per heavy atom. The summed E-state index contributed by atoms with van der Waals surface area (Å²) in [5.41, 5.74) is 0.849. The van der Waals surface area contributed by atoms with Gasteiger partial charge < -0.3 is 9.47 Å². The molecule has 1 aliphatic rings. The number of halogens is 1. The average Bonchev–Trinajstić information content (AvgIpc) is 2.33. The summed E-state index contributed by atoms with van der Waals surface area (Å²) in [6, 6.07) is 4.42. The van der Waals surface area contributed by atoms with Gasteiger partial charge in [-0.1, -0.05) is 11.6 Å². The maximum absolute atomic E-state index is 13.4. The first-order valence-corrected chi connectivity index (χ1v) is 5.71. The van der Waals surface area contributed by atoms with Crippen molar-refractivity contribution in [3.05, 3.63) is 35.1 Å². The number of benzene rings is 1. The van der Waals surface area contributed by atoms with Crippen molar-refractivity contribution in [2.45, 2.75) is 25.9 Å². The highest BCUT2D eigenvalue weighted by atomic mass is 19.1. The van der Waals surface area contributed by atoms with E-state index < -0.39 is 11.8 Å². The molecule has 0 bridgehead atoms. The second-order valence-electron chi connectivity index (χ2n) is 4.20. The zero-order valence-corrected chi connectivity index (χ0v) is 9.74. The molecule has 1 aromatic carbocycles. The number of ether oxygens (including phenoxy) is 2. The highest BCUT2D eigenvalue weighted by Crippen LogP contribution is 2.16. The summed E-state index contributed by atoms with van der Waals surface area (Å²) in [6.07, 6.45) is 1.20. The number of rotatable bonds is 2. The molecule has 1 aromatic rings. The Hall–Kier alpha value is -1.42. The SMILES string of the molecule is Cc1ccc(F)c(C(=O)OC2CCOCC2)c1. The molecule has 0 atom stereocenters. The molecule has 0 unspecified atom stereocenters. The van der Waals surface area contributed by atoms with Crippen molar-refractivity contribution in [2.75, 3.05) is 13.2 Å². The number of hydrogen-bond donors (Lipinski definition) is 0. The minimum absolute atomic E-state index is 0.0106. The summed E-state index contributed by atoms with van der Waals surface area (Å²) in [6.45, 7) is 2.99.